The van der Waals surface area contributed by atoms with E-state index in [1.54, 1.807) is 17.9 Å². The van der Waals surface area contributed by atoms with Crippen molar-refractivity contribution in [2.24, 2.45) is 7.05 Å². The molecule has 0 atom stereocenters. The molecule has 112 valence electrons. The van der Waals surface area contributed by atoms with Gasteiger partial charge < -0.3 is 10.4 Å². The maximum absolute atomic E-state index is 12.2. The molecule has 2 heterocycles. The third-order valence-electron chi connectivity index (χ3n) is 2.93. The zero-order valence-electron chi connectivity index (χ0n) is 11.7. The predicted octanol–water partition coefficient (Wildman–Crippen LogP) is 2.13. The van der Waals surface area contributed by atoms with Crippen molar-refractivity contribution >= 4 is 23.2 Å². The highest BCUT2D eigenvalue weighted by Crippen LogP contribution is 2.26. The van der Waals surface area contributed by atoms with Crippen molar-refractivity contribution < 1.29 is 14.7 Å². The number of hydrogen-bond acceptors (Lipinski definition) is 4. The minimum absolute atomic E-state index is 0.128. The second kappa shape index (κ2) is 7.03. The molecule has 0 aliphatic rings. The van der Waals surface area contributed by atoms with Crippen LogP contribution in [0.3, 0.4) is 0 Å². The van der Waals surface area contributed by atoms with Crippen molar-refractivity contribution in [3.05, 3.63) is 29.3 Å². The van der Waals surface area contributed by atoms with Gasteiger partial charge in [0.1, 0.15) is 5.69 Å². The second-order valence-corrected chi connectivity index (χ2v) is 5.60. The number of carbonyl (C=O) groups excluding carboxylic acids is 1. The van der Waals surface area contributed by atoms with Gasteiger partial charge in [0, 0.05) is 26.2 Å². The number of unbranched alkanes of at least 4 members (excludes halogenated alkanes) is 1. The molecule has 0 bridgehead atoms. The first-order valence-electron chi connectivity index (χ1n) is 6.65. The van der Waals surface area contributed by atoms with Gasteiger partial charge in [0.05, 0.1) is 10.4 Å². The number of rotatable bonds is 7. The van der Waals surface area contributed by atoms with E-state index in [1.807, 2.05) is 17.5 Å². The lowest BCUT2D eigenvalue weighted by atomic mass is 10.2. The number of carbonyl (C=O) groups is 2. The number of amides is 1. The number of aromatic nitrogens is 2. The summed E-state index contributed by atoms with van der Waals surface area (Å²) >= 11 is 1.54. The standard InChI is InChI=1S/C14H17N3O3S/c1-17-9-10(13(16-17)11-5-4-8-21-11)14(20)15-7-3-2-6-12(18)19/h4-5,8-9H,2-3,6-7H2,1H3,(H,15,20)(H,18,19). The first-order valence-corrected chi connectivity index (χ1v) is 7.53. The van der Waals surface area contributed by atoms with Gasteiger partial charge in [-0.25, -0.2) is 0 Å². The molecule has 0 saturated heterocycles. The Balaban J connectivity index is 1.95. The van der Waals surface area contributed by atoms with Crippen molar-refractivity contribution in [2.45, 2.75) is 19.3 Å². The van der Waals surface area contributed by atoms with Gasteiger partial charge in [0.2, 0.25) is 0 Å². The topological polar surface area (TPSA) is 84.2 Å². The van der Waals surface area contributed by atoms with Crippen molar-refractivity contribution in [2.75, 3.05) is 6.54 Å². The highest BCUT2D eigenvalue weighted by atomic mass is 32.1. The van der Waals surface area contributed by atoms with Gasteiger partial charge in [-0.3, -0.25) is 14.3 Å². The molecular weight excluding hydrogens is 290 g/mol. The highest BCUT2D eigenvalue weighted by Gasteiger charge is 2.17. The van der Waals surface area contributed by atoms with Gasteiger partial charge >= 0.3 is 5.97 Å². The molecule has 0 aliphatic heterocycles. The Labute approximate surface area is 126 Å². The van der Waals surface area contributed by atoms with Gasteiger partial charge in [0.15, 0.2) is 0 Å². The fourth-order valence-electron chi connectivity index (χ4n) is 1.95. The molecule has 6 nitrogen and oxygen atoms in total. The van der Waals surface area contributed by atoms with Crippen LogP contribution in [-0.2, 0) is 11.8 Å². The molecular formula is C14H17N3O3S. The fourth-order valence-corrected chi connectivity index (χ4v) is 2.67. The number of carboxylic acid groups (broad SMARTS) is 1. The van der Waals surface area contributed by atoms with Crippen molar-refractivity contribution in [1.82, 2.24) is 15.1 Å². The van der Waals surface area contributed by atoms with Crippen LogP contribution in [0.4, 0.5) is 0 Å². The van der Waals surface area contributed by atoms with Crippen LogP contribution in [0.2, 0.25) is 0 Å². The summed E-state index contributed by atoms with van der Waals surface area (Å²) in [5, 5.41) is 17.6. The van der Waals surface area contributed by atoms with Crippen LogP contribution >= 0.6 is 11.3 Å². The fraction of sp³-hybridized carbons (Fsp3) is 0.357. The lowest BCUT2D eigenvalue weighted by molar-refractivity contribution is -0.137. The molecule has 2 aromatic rings. The third-order valence-corrected chi connectivity index (χ3v) is 3.81. The molecule has 0 aliphatic carbocycles. The molecule has 2 rings (SSSR count). The lowest BCUT2D eigenvalue weighted by Crippen LogP contribution is -2.24. The molecule has 0 radical (unpaired) electrons. The van der Waals surface area contributed by atoms with Gasteiger partial charge in [-0.05, 0) is 24.3 Å². The van der Waals surface area contributed by atoms with Crippen LogP contribution in [0, 0.1) is 0 Å². The monoisotopic (exact) mass is 307 g/mol. The lowest BCUT2D eigenvalue weighted by Gasteiger charge is -2.04. The summed E-state index contributed by atoms with van der Waals surface area (Å²) in [5.74, 6) is -0.990. The van der Waals surface area contributed by atoms with Crippen LogP contribution in [0.1, 0.15) is 29.6 Å². The Bertz CT molecular complexity index is 619. The first kappa shape index (κ1) is 15.2. The number of aryl methyl sites for hydroxylation is 1. The van der Waals surface area contributed by atoms with E-state index in [9.17, 15) is 9.59 Å². The normalized spacial score (nSPS) is 10.5. The van der Waals surface area contributed by atoms with Crippen molar-refractivity contribution in [3.63, 3.8) is 0 Å². The summed E-state index contributed by atoms with van der Waals surface area (Å²) in [5.41, 5.74) is 1.22. The average molecular weight is 307 g/mol. The van der Waals surface area contributed by atoms with Crippen LogP contribution in [0.15, 0.2) is 23.7 Å². The zero-order chi connectivity index (χ0) is 15.2. The van der Waals surface area contributed by atoms with E-state index in [4.69, 9.17) is 5.11 Å². The minimum Gasteiger partial charge on any atom is -0.481 e. The average Bonchev–Trinajstić information content (AvgIpc) is 3.06. The maximum atomic E-state index is 12.2. The minimum atomic E-state index is -0.812. The predicted molar refractivity (Wildman–Crippen MR) is 80.3 cm³/mol. The van der Waals surface area contributed by atoms with E-state index in [-0.39, 0.29) is 12.3 Å². The van der Waals surface area contributed by atoms with E-state index in [1.165, 1.54) is 11.3 Å². The third kappa shape index (κ3) is 4.16. The Morgan fingerprint density at radius 1 is 1.43 bits per heavy atom. The van der Waals surface area contributed by atoms with E-state index in [0.29, 0.717) is 30.6 Å². The van der Waals surface area contributed by atoms with Crippen LogP contribution in [0.25, 0.3) is 10.6 Å². The van der Waals surface area contributed by atoms with Crippen LogP contribution < -0.4 is 5.32 Å². The first-order chi connectivity index (χ1) is 10.1. The number of nitrogens with one attached hydrogen (secondary N) is 1. The number of nitrogens with zero attached hydrogens (tertiary/aromatic N) is 2. The molecule has 0 saturated carbocycles. The van der Waals surface area contributed by atoms with Gasteiger partial charge in [-0.1, -0.05) is 6.07 Å². The Morgan fingerprint density at radius 3 is 2.90 bits per heavy atom. The number of carboxylic acids is 1. The van der Waals surface area contributed by atoms with Crippen LogP contribution in [-0.4, -0.2) is 33.3 Å². The summed E-state index contributed by atoms with van der Waals surface area (Å²) in [6.45, 7) is 0.463. The summed E-state index contributed by atoms with van der Waals surface area (Å²) in [7, 11) is 1.78. The van der Waals surface area contributed by atoms with Gasteiger partial charge in [-0.2, -0.15) is 5.10 Å². The molecule has 2 aromatic heterocycles. The molecule has 1 amide bonds. The number of thiophene rings is 1. The van der Waals surface area contributed by atoms with Crippen LogP contribution in [0.5, 0.6) is 0 Å². The molecule has 21 heavy (non-hydrogen) atoms. The van der Waals surface area contributed by atoms with Crippen molar-refractivity contribution in [1.29, 1.82) is 0 Å². The Morgan fingerprint density at radius 2 is 2.24 bits per heavy atom. The van der Waals surface area contributed by atoms with E-state index in [2.05, 4.69) is 10.4 Å². The number of hydrogen-bond donors (Lipinski definition) is 2. The second-order valence-electron chi connectivity index (χ2n) is 4.65. The molecule has 0 unspecified atom stereocenters. The molecule has 0 spiro atoms. The Kier molecular flexibility index (Phi) is 5.10. The Hall–Kier alpha value is -2.15. The summed E-state index contributed by atoms with van der Waals surface area (Å²) in [6, 6.07) is 3.85. The molecule has 2 N–H and O–H groups in total. The highest BCUT2D eigenvalue weighted by molar-refractivity contribution is 7.13. The summed E-state index contributed by atoms with van der Waals surface area (Å²) < 4.78 is 1.62. The summed E-state index contributed by atoms with van der Waals surface area (Å²) in [4.78, 5) is 23.5. The van der Waals surface area contributed by atoms with E-state index < -0.39 is 5.97 Å². The van der Waals surface area contributed by atoms with Gasteiger partial charge in [-0.15, -0.1) is 11.3 Å². The smallest absolute Gasteiger partial charge is 0.303 e. The van der Waals surface area contributed by atoms with Gasteiger partial charge in [0.25, 0.3) is 5.91 Å². The maximum Gasteiger partial charge on any atom is 0.303 e. The largest absolute Gasteiger partial charge is 0.481 e. The zero-order valence-corrected chi connectivity index (χ0v) is 12.5. The quantitative estimate of drug-likeness (QED) is 0.768. The SMILES string of the molecule is Cn1cc(C(=O)NCCCCC(=O)O)c(-c2cccs2)n1. The van der Waals surface area contributed by atoms with E-state index >= 15 is 0 Å². The molecule has 0 aromatic carbocycles. The molecule has 0 fully saturated rings. The summed E-state index contributed by atoms with van der Waals surface area (Å²) in [6.07, 6.45) is 3.03. The van der Waals surface area contributed by atoms with Crippen molar-refractivity contribution in [3.8, 4) is 10.6 Å². The van der Waals surface area contributed by atoms with E-state index in [0.717, 1.165) is 4.88 Å². The number of aliphatic carboxylic acids is 1. The molecule has 7 heteroatoms.